The van der Waals surface area contributed by atoms with Crippen molar-refractivity contribution in [2.24, 2.45) is 0 Å². The molecular formula is C20H36O2. The van der Waals surface area contributed by atoms with Gasteiger partial charge in [0.1, 0.15) is 0 Å². The molecule has 22 heavy (non-hydrogen) atoms. The molecule has 0 amide bonds. The molecule has 2 nitrogen and oxygen atoms in total. The van der Waals surface area contributed by atoms with Crippen molar-refractivity contribution in [1.29, 1.82) is 0 Å². The number of unbranched alkanes of at least 4 members (excludes halogenated alkanes) is 11. The van der Waals surface area contributed by atoms with Gasteiger partial charge in [-0.25, -0.2) is 4.79 Å². The van der Waals surface area contributed by atoms with Gasteiger partial charge in [-0.2, -0.15) is 0 Å². The van der Waals surface area contributed by atoms with Crippen LogP contribution in [0.25, 0.3) is 0 Å². The zero-order valence-corrected chi connectivity index (χ0v) is 14.7. The Kier molecular flexibility index (Phi) is 17.1. The van der Waals surface area contributed by atoms with Crippen LogP contribution in [0.2, 0.25) is 0 Å². The van der Waals surface area contributed by atoms with E-state index in [1.54, 1.807) is 0 Å². The van der Waals surface area contributed by atoms with Crippen molar-refractivity contribution in [3.8, 4) is 0 Å². The minimum atomic E-state index is -0.308. The van der Waals surface area contributed by atoms with Crippen molar-refractivity contribution in [3.05, 3.63) is 24.8 Å². The second kappa shape index (κ2) is 18.0. The smallest absolute Gasteiger partial charge is 0.330 e. The zero-order chi connectivity index (χ0) is 16.3. The van der Waals surface area contributed by atoms with E-state index in [-0.39, 0.29) is 5.97 Å². The third-order valence-corrected chi connectivity index (χ3v) is 3.82. The van der Waals surface area contributed by atoms with Gasteiger partial charge in [-0.3, -0.25) is 0 Å². The fourth-order valence-electron chi connectivity index (χ4n) is 2.40. The number of rotatable bonds is 16. The molecule has 0 spiro atoms. The Labute approximate surface area is 138 Å². The van der Waals surface area contributed by atoms with E-state index in [1.807, 2.05) is 0 Å². The predicted molar refractivity (Wildman–Crippen MR) is 96.0 cm³/mol. The van der Waals surface area contributed by atoms with E-state index in [1.165, 1.54) is 76.7 Å². The van der Waals surface area contributed by atoms with Gasteiger partial charge in [0.15, 0.2) is 0 Å². The number of carbonyl (C=O) groups is 1. The van der Waals surface area contributed by atoms with E-state index in [4.69, 9.17) is 4.74 Å². The molecule has 0 aliphatic rings. The molecular weight excluding hydrogens is 272 g/mol. The lowest BCUT2D eigenvalue weighted by Gasteiger charge is -2.02. The fraction of sp³-hybridized carbons (Fsp3) is 0.750. The van der Waals surface area contributed by atoms with Crippen molar-refractivity contribution < 1.29 is 9.53 Å². The average molecular weight is 309 g/mol. The van der Waals surface area contributed by atoms with Crippen molar-refractivity contribution in [3.63, 3.8) is 0 Å². The van der Waals surface area contributed by atoms with Crippen LogP contribution in [0, 0.1) is 0 Å². The van der Waals surface area contributed by atoms with Crippen molar-refractivity contribution in [1.82, 2.24) is 0 Å². The molecule has 0 aromatic carbocycles. The molecule has 0 fully saturated rings. The van der Waals surface area contributed by atoms with Crippen molar-refractivity contribution in [2.75, 3.05) is 6.61 Å². The molecule has 0 heterocycles. The second-order valence-corrected chi connectivity index (χ2v) is 5.96. The first-order chi connectivity index (χ1) is 10.8. The number of allylic oxidation sites excluding steroid dienone is 2. The Bertz CT molecular complexity index is 281. The highest BCUT2D eigenvalue weighted by Gasteiger charge is 1.95. The Morgan fingerprint density at radius 3 is 1.86 bits per heavy atom. The monoisotopic (exact) mass is 308 g/mol. The summed E-state index contributed by atoms with van der Waals surface area (Å²) in [6.45, 7) is 6.17. The maximum atomic E-state index is 10.8. The van der Waals surface area contributed by atoms with E-state index < -0.39 is 0 Å². The second-order valence-electron chi connectivity index (χ2n) is 5.96. The van der Waals surface area contributed by atoms with Gasteiger partial charge in [0.2, 0.25) is 0 Å². The highest BCUT2D eigenvalue weighted by Crippen LogP contribution is 2.09. The van der Waals surface area contributed by atoms with Gasteiger partial charge in [-0.1, -0.05) is 77.0 Å². The van der Waals surface area contributed by atoms with E-state index in [0.29, 0.717) is 6.61 Å². The highest BCUT2D eigenvalue weighted by atomic mass is 16.5. The largest absolute Gasteiger partial charge is 0.463 e. The summed E-state index contributed by atoms with van der Waals surface area (Å²) in [4.78, 5) is 10.8. The fourth-order valence-corrected chi connectivity index (χ4v) is 2.40. The molecule has 0 saturated heterocycles. The van der Waals surface area contributed by atoms with Crippen LogP contribution in [0.3, 0.4) is 0 Å². The number of esters is 1. The lowest BCUT2D eigenvalue weighted by molar-refractivity contribution is -0.137. The number of hydrogen-bond donors (Lipinski definition) is 0. The Hall–Kier alpha value is -1.05. The van der Waals surface area contributed by atoms with Crippen LogP contribution in [0.15, 0.2) is 24.8 Å². The van der Waals surface area contributed by atoms with Gasteiger partial charge >= 0.3 is 5.97 Å². The average Bonchev–Trinajstić information content (AvgIpc) is 2.54. The summed E-state index contributed by atoms with van der Waals surface area (Å²) >= 11 is 0. The first-order valence-electron chi connectivity index (χ1n) is 9.25. The van der Waals surface area contributed by atoms with E-state index in [2.05, 4.69) is 25.7 Å². The molecule has 0 bridgehead atoms. The quantitative estimate of drug-likeness (QED) is 0.143. The molecule has 0 unspecified atom stereocenters. The maximum absolute atomic E-state index is 10.8. The molecule has 0 rings (SSSR count). The van der Waals surface area contributed by atoms with Crippen LogP contribution in [0.5, 0.6) is 0 Å². The Balaban J connectivity index is 3.10. The van der Waals surface area contributed by atoms with Crippen LogP contribution >= 0.6 is 0 Å². The third-order valence-electron chi connectivity index (χ3n) is 3.82. The summed E-state index contributed by atoms with van der Waals surface area (Å²) < 4.78 is 4.94. The van der Waals surface area contributed by atoms with Gasteiger partial charge in [-0.15, -0.1) is 0 Å². The molecule has 0 saturated carbocycles. The Morgan fingerprint density at radius 1 is 0.818 bits per heavy atom. The highest BCUT2D eigenvalue weighted by molar-refractivity contribution is 5.81. The molecule has 0 atom stereocenters. The summed E-state index contributed by atoms with van der Waals surface area (Å²) in [5.41, 5.74) is 0. The number of hydrogen-bond acceptors (Lipinski definition) is 2. The summed E-state index contributed by atoms with van der Waals surface area (Å²) in [5, 5.41) is 0. The standard InChI is InChI=1S/C20H36O2/c1-3-5-6-7-8-9-10-11-12-13-14-15-16-17-18-19-22-20(21)4-2/h4,10-11H,2-3,5-9,12-19H2,1H3/b11-10-. The van der Waals surface area contributed by atoms with Crippen LogP contribution in [0.1, 0.15) is 90.4 Å². The number of carbonyl (C=O) groups excluding carboxylic acids is 1. The van der Waals surface area contributed by atoms with E-state index in [0.717, 1.165) is 12.8 Å². The van der Waals surface area contributed by atoms with Crippen LogP contribution < -0.4 is 0 Å². The molecule has 0 N–H and O–H groups in total. The summed E-state index contributed by atoms with van der Waals surface area (Å²) in [5.74, 6) is -0.308. The van der Waals surface area contributed by atoms with E-state index in [9.17, 15) is 4.79 Å². The van der Waals surface area contributed by atoms with Gasteiger partial charge < -0.3 is 4.74 Å². The topological polar surface area (TPSA) is 26.3 Å². The molecule has 0 radical (unpaired) electrons. The normalized spacial score (nSPS) is 11.0. The molecule has 0 aliphatic carbocycles. The van der Waals surface area contributed by atoms with Crippen molar-refractivity contribution >= 4 is 5.97 Å². The molecule has 0 aromatic rings. The van der Waals surface area contributed by atoms with Gasteiger partial charge in [0.25, 0.3) is 0 Å². The predicted octanol–water partition coefficient (Wildman–Crippen LogP) is 6.36. The van der Waals surface area contributed by atoms with Crippen LogP contribution in [-0.4, -0.2) is 12.6 Å². The molecule has 0 aromatic heterocycles. The first-order valence-corrected chi connectivity index (χ1v) is 9.25. The SMILES string of the molecule is C=CC(=O)OCCCCCCCC/C=C\CCCCCCC. The lowest BCUT2D eigenvalue weighted by atomic mass is 10.1. The van der Waals surface area contributed by atoms with Crippen LogP contribution in [-0.2, 0) is 9.53 Å². The summed E-state index contributed by atoms with van der Waals surface area (Å²) in [7, 11) is 0. The molecule has 128 valence electrons. The molecule has 0 aliphatic heterocycles. The third kappa shape index (κ3) is 17.0. The first kappa shape index (κ1) is 20.9. The van der Waals surface area contributed by atoms with Gasteiger partial charge in [-0.05, 0) is 32.1 Å². The zero-order valence-electron chi connectivity index (χ0n) is 14.7. The van der Waals surface area contributed by atoms with Gasteiger partial charge in [0, 0.05) is 6.08 Å². The maximum Gasteiger partial charge on any atom is 0.330 e. The van der Waals surface area contributed by atoms with E-state index >= 15 is 0 Å². The Morgan fingerprint density at radius 2 is 1.32 bits per heavy atom. The number of ether oxygens (including phenoxy) is 1. The van der Waals surface area contributed by atoms with Crippen LogP contribution in [0.4, 0.5) is 0 Å². The summed E-state index contributed by atoms with van der Waals surface area (Å²) in [6, 6.07) is 0. The summed E-state index contributed by atoms with van der Waals surface area (Å²) in [6.07, 6.45) is 22.6. The van der Waals surface area contributed by atoms with Gasteiger partial charge in [0.05, 0.1) is 6.61 Å². The molecule has 2 heteroatoms. The van der Waals surface area contributed by atoms with Crippen molar-refractivity contribution in [2.45, 2.75) is 90.4 Å². The minimum Gasteiger partial charge on any atom is -0.463 e. The minimum absolute atomic E-state index is 0.308. The lowest BCUT2D eigenvalue weighted by Crippen LogP contribution is -2.01.